The molecular weight excluding hydrogens is 508 g/mol. The van der Waals surface area contributed by atoms with E-state index in [4.69, 9.17) is 9.47 Å². The second kappa shape index (κ2) is 11.5. The van der Waals surface area contributed by atoms with Crippen LogP contribution in [-0.2, 0) is 14.3 Å². The van der Waals surface area contributed by atoms with Gasteiger partial charge in [0.2, 0.25) is 5.91 Å². The standard InChI is InChI=1S/C31H42N4O5/c1-19(27(36)33-26-18-25(23-12-13-23)34-35(26)29(38)40-31(5,6)7)20-8-10-21(11-9-20)22-14-16-24(17-15-22)32-28(37)39-30(2,3)4/h8-11,14,18-19,23-24H,12-13,15-17H2,1-7H3,(H,32,37)(H,33,36). The lowest BCUT2D eigenvalue weighted by Gasteiger charge is -2.26. The number of allylic oxidation sites excluding steroid dienone is 1. The number of hydrogen-bond acceptors (Lipinski definition) is 6. The zero-order valence-electron chi connectivity index (χ0n) is 24.7. The molecule has 2 unspecified atom stereocenters. The Balaban J connectivity index is 1.38. The first-order chi connectivity index (χ1) is 18.7. The zero-order chi connectivity index (χ0) is 29.2. The molecular formula is C31H42N4O5. The molecule has 2 aliphatic rings. The van der Waals surface area contributed by atoms with Gasteiger partial charge in [0.05, 0.1) is 11.6 Å². The number of anilines is 1. The molecule has 1 fully saturated rings. The third kappa shape index (κ3) is 7.96. The minimum absolute atomic E-state index is 0.0520. The van der Waals surface area contributed by atoms with E-state index >= 15 is 0 Å². The van der Waals surface area contributed by atoms with Crippen LogP contribution < -0.4 is 10.6 Å². The fourth-order valence-corrected chi connectivity index (χ4v) is 4.58. The Hall–Kier alpha value is -3.62. The molecule has 40 heavy (non-hydrogen) atoms. The zero-order valence-corrected chi connectivity index (χ0v) is 24.7. The summed E-state index contributed by atoms with van der Waals surface area (Å²) >= 11 is 0. The van der Waals surface area contributed by atoms with Crippen LogP contribution >= 0.6 is 0 Å². The van der Waals surface area contributed by atoms with Crippen molar-refractivity contribution < 1.29 is 23.9 Å². The first-order valence-electron chi connectivity index (χ1n) is 14.1. The minimum atomic E-state index is -0.678. The molecule has 0 saturated heterocycles. The topological polar surface area (TPSA) is 112 Å². The van der Waals surface area contributed by atoms with Crippen molar-refractivity contribution in [2.24, 2.45) is 0 Å². The van der Waals surface area contributed by atoms with E-state index in [1.54, 1.807) is 26.8 Å². The van der Waals surface area contributed by atoms with Crippen molar-refractivity contribution in [3.63, 3.8) is 0 Å². The molecule has 1 heterocycles. The normalized spacial score (nSPS) is 18.4. The van der Waals surface area contributed by atoms with Gasteiger partial charge in [0.15, 0.2) is 0 Å². The summed E-state index contributed by atoms with van der Waals surface area (Å²) in [7, 11) is 0. The van der Waals surface area contributed by atoms with Crippen molar-refractivity contribution in [1.29, 1.82) is 0 Å². The minimum Gasteiger partial charge on any atom is -0.444 e. The fourth-order valence-electron chi connectivity index (χ4n) is 4.58. The summed E-state index contributed by atoms with van der Waals surface area (Å²) in [5, 5.41) is 10.3. The number of amides is 2. The number of carbonyl (C=O) groups excluding carboxylic acids is 3. The molecule has 2 aromatic rings. The van der Waals surface area contributed by atoms with Crippen LogP contribution in [0.25, 0.3) is 5.57 Å². The Morgan fingerprint density at radius 2 is 1.62 bits per heavy atom. The van der Waals surface area contributed by atoms with Gasteiger partial charge < -0.3 is 20.1 Å². The molecule has 216 valence electrons. The van der Waals surface area contributed by atoms with Gasteiger partial charge in [0, 0.05) is 18.0 Å². The fraction of sp³-hybridized carbons (Fsp3) is 0.548. The van der Waals surface area contributed by atoms with Gasteiger partial charge in [-0.3, -0.25) is 4.79 Å². The van der Waals surface area contributed by atoms with Gasteiger partial charge >= 0.3 is 12.2 Å². The van der Waals surface area contributed by atoms with Gasteiger partial charge in [0.1, 0.15) is 17.0 Å². The third-order valence-electron chi connectivity index (χ3n) is 6.85. The highest BCUT2D eigenvalue weighted by Crippen LogP contribution is 2.40. The number of rotatable bonds is 6. The lowest BCUT2D eigenvalue weighted by Crippen LogP contribution is -2.39. The van der Waals surface area contributed by atoms with E-state index in [1.807, 2.05) is 52.0 Å². The van der Waals surface area contributed by atoms with Crippen LogP contribution in [0.3, 0.4) is 0 Å². The van der Waals surface area contributed by atoms with Crippen molar-refractivity contribution in [3.05, 3.63) is 53.2 Å². The highest BCUT2D eigenvalue weighted by atomic mass is 16.6. The molecule has 1 aromatic heterocycles. The number of hydrogen-bond donors (Lipinski definition) is 2. The van der Waals surface area contributed by atoms with Crippen LogP contribution in [-0.4, -0.2) is 45.1 Å². The maximum atomic E-state index is 13.2. The molecule has 0 bridgehead atoms. The number of ether oxygens (including phenoxy) is 2. The number of nitrogens with zero attached hydrogens (tertiary/aromatic N) is 2. The predicted octanol–water partition coefficient (Wildman–Crippen LogP) is 6.75. The van der Waals surface area contributed by atoms with Crippen LogP contribution in [0.15, 0.2) is 36.4 Å². The van der Waals surface area contributed by atoms with Gasteiger partial charge in [0.25, 0.3) is 0 Å². The van der Waals surface area contributed by atoms with E-state index in [0.29, 0.717) is 11.7 Å². The molecule has 2 N–H and O–H groups in total. The van der Waals surface area contributed by atoms with Gasteiger partial charge in [-0.1, -0.05) is 30.3 Å². The van der Waals surface area contributed by atoms with E-state index in [0.717, 1.165) is 53.6 Å². The lowest BCUT2D eigenvalue weighted by atomic mass is 9.89. The van der Waals surface area contributed by atoms with Gasteiger partial charge in [-0.2, -0.15) is 5.10 Å². The van der Waals surface area contributed by atoms with Gasteiger partial charge in [-0.05, 0) is 97.3 Å². The van der Waals surface area contributed by atoms with E-state index in [-0.39, 0.29) is 18.0 Å². The van der Waals surface area contributed by atoms with E-state index in [9.17, 15) is 14.4 Å². The monoisotopic (exact) mass is 550 g/mol. The van der Waals surface area contributed by atoms with Crippen LogP contribution in [0.5, 0.6) is 0 Å². The van der Waals surface area contributed by atoms with Gasteiger partial charge in [-0.25, -0.2) is 9.59 Å². The van der Waals surface area contributed by atoms with Crippen molar-refractivity contribution in [2.45, 2.75) is 110 Å². The van der Waals surface area contributed by atoms with Gasteiger partial charge in [-0.15, -0.1) is 4.68 Å². The third-order valence-corrected chi connectivity index (χ3v) is 6.85. The van der Waals surface area contributed by atoms with Crippen molar-refractivity contribution in [3.8, 4) is 0 Å². The molecule has 9 heteroatoms. The van der Waals surface area contributed by atoms with Crippen LogP contribution in [0, 0.1) is 0 Å². The molecule has 2 atom stereocenters. The number of nitrogens with one attached hydrogen (secondary N) is 2. The quantitative estimate of drug-likeness (QED) is 0.412. The van der Waals surface area contributed by atoms with Crippen molar-refractivity contribution in [2.75, 3.05) is 5.32 Å². The van der Waals surface area contributed by atoms with Crippen LogP contribution in [0.2, 0.25) is 0 Å². The highest BCUT2D eigenvalue weighted by molar-refractivity contribution is 5.96. The summed E-state index contributed by atoms with van der Waals surface area (Å²) in [4.78, 5) is 38.1. The largest absolute Gasteiger partial charge is 0.444 e. The average Bonchev–Trinajstić information content (AvgIpc) is 3.62. The first-order valence-corrected chi connectivity index (χ1v) is 14.1. The number of alkyl carbamates (subject to hydrolysis) is 1. The van der Waals surface area contributed by atoms with Crippen molar-refractivity contribution in [1.82, 2.24) is 15.1 Å². The highest BCUT2D eigenvalue weighted by Gasteiger charge is 2.31. The molecule has 0 spiro atoms. The van der Waals surface area contributed by atoms with E-state index in [2.05, 4.69) is 21.8 Å². The summed E-state index contributed by atoms with van der Waals surface area (Å²) in [6, 6.07) is 9.82. The number of carbonyl (C=O) groups is 3. The lowest BCUT2D eigenvalue weighted by molar-refractivity contribution is -0.117. The second-order valence-corrected chi connectivity index (χ2v) is 12.8. The molecule has 9 nitrogen and oxygen atoms in total. The number of benzene rings is 1. The Bertz CT molecular complexity index is 1280. The summed E-state index contributed by atoms with van der Waals surface area (Å²) in [6.07, 6.45) is 5.63. The summed E-state index contributed by atoms with van der Waals surface area (Å²) in [5.74, 6) is -0.0239. The van der Waals surface area contributed by atoms with Crippen molar-refractivity contribution >= 4 is 29.5 Å². The Morgan fingerprint density at radius 1 is 0.975 bits per heavy atom. The Labute approximate surface area is 236 Å². The predicted molar refractivity (Wildman–Crippen MR) is 154 cm³/mol. The summed E-state index contributed by atoms with van der Waals surface area (Å²) in [5.41, 5.74) is 2.79. The van der Waals surface area contributed by atoms with Crippen LogP contribution in [0.4, 0.5) is 15.4 Å². The first kappa shape index (κ1) is 29.4. The van der Waals surface area contributed by atoms with Crippen LogP contribution in [0.1, 0.15) is 109 Å². The van der Waals surface area contributed by atoms with E-state index in [1.165, 1.54) is 5.57 Å². The SMILES string of the molecule is CC(C(=O)Nc1cc(C2CC2)nn1C(=O)OC(C)(C)C)c1ccc(C2=CCC(NC(=O)OC(C)(C)C)CC2)cc1. The maximum absolute atomic E-state index is 13.2. The smallest absolute Gasteiger partial charge is 0.437 e. The molecule has 1 saturated carbocycles. The molecule has 2 amide bonds. The molecule has 1 aromatic carbocycles. The number of aromatic nitrogens is 2. The summed E-state index contributed by atoms with van der Waals surface area (Å²) in [6.45, 7) is 12.8. The van der Waals surface area contributed by atoms with E-state index < -0.39 is 23.2 Å². The Kier molecular flexibility index (Phi) is 8.42. The maximum Gasteiger partial charge on any atom is 0.437 e. The molecule has 2 aliphatic carbocycles. The Morgan fingerprint density at radius 3 is 2.17 bits per heavy atom. The summed E-state index contributed by atoms with van der Waals surface area (Å²) < 4.78 is 12.0. The molecule has 4 rings (SSSR count). The average molecular weight is 551 g/mol. The molecule has 0 radical (unpaired) electrons. The second-order valence-electron chi connectivity index (χ2n) is 12.8. The molecule has 0 aliphatic heterocycles.